The van der Waals surface area contributed by atoms with E-state index in [2.05, 4.69) is 10.3 Å². The van der Waals surface area contributed by atoms with Crippen molar-refractivity contribution < 1.29 is 24.5 Å². The van der Waals surface area contributed by atoms with Gasteiger partial charge in [0, 0.05) is 18.0 Å². The van der Waals surface area contributed by atoms with Crippen molar-refractivity contribution in [2.45, 2.75) is 19.3 Å². The smallest absolute Gasteiger partial charge is 0.305 e. The van der Waals surface area contributed by atoms with Gasteiger partial charge in [-0.25, -0.2) is 0 Å². The van der Waals surface area contributed by atoms with Crippen LogP contribution in [-0.4, -0.2) is 40.2 Å². The molecule has 0 atom stereocenters. The first-order chi connectivity index (χ1) is 12.0. The van der Waals surface area contributed by atoms with E-state index in [1.165, 1.54) is 0 Å². The van der Waals surface area contributed by atoms with Crippen LogP contribution in [0, 0.1) is 5.92 Å². The van der Waals surface area contributed by atoms with Gasteiger partial charge in [-0.05, 0) is 30.9 Å². The summed E-state index contributed by atoms with van der Waals surface area (Å²) in [5, 5.41) is 21.5. The largest absolute Gasteiger partial charge is 0.506 e. The molecule has 1 aromatic carbocycles. The summed E-state index contributed by atoms with van der Waals surface area (Å²) in [6, 6.07) is 4.83. The lowest BCUT2D eigenvalue weighted by atomic mass is 10.1. The molecule has 25 heavy (non-hydrogen) atoms. The highest BCUT2D eigenvalue weighted by atomic mass is 16.5. The molecule has 132 valence electrons. The van der Waals surface area contributed by atoms with Crippen LogP contribution in [0.15, 0.2) is 23.0 Å². The number of aromatic nitrogens is 1. The Morgan fingerprint density at radius 1 is 1.32 bits per heavy atom. The maximum Gasteiger partial charge on any atom is 0.305 e. The van der Waals surface area contributed by atoms with Crippen molar-refractivity contribution in [3.05, 3.63) is 34.1 Å². The van der Waals surface area contributed by atoms with Gasteiger partial charge in [0.05, 0.1) is 18.5 Å². The molecule has 2 aromatic rings. The number of carboxylic acids is 1. The number of rotatable bonds is 7. The highest BCUT2D eigenvalue weighted by molar-refractivity contribution is 6.02. The molecule has 0 aliphatic heterocycles. The number of pyridine rings is 1. The first-order valence-corrected chi connectivity index (χ1v) is 7.97. The topological polar surface area (TPSA) is 129 Å². The highest BCUT2D eigenvalue weighted by Gasteiger charge is 2.22. The molecule has 1 fully saturated rings. The molecule has 1 aliphatic carbocycles. The molecule has 1 heterocycles. The van der Waals surface area contributed by atoms with Crippen molar-refractivity contribution in [1.29, 1.82) is 0 Å². The summed E-state index contributed by atoms with van der Waals surface area (Å²) in [5.74, 6) is -1.18. The lowest BCUT2D eigenvalue weighted by Crippen LogP contribution is -2.31. The predicted molar refractivity (Wildman–Crippen MR) is 89.0 cm³/mol. The summed E-state index contributed by atoms with van der Waals surface area (Å²) in [7, 11) is 0. The second-order valence-corrected chi connectivity index (χ2v) is 6.04. The molecule has 0 radical (unpaired) electrons. The van der Waals surface area contributed by atoms with E-state index in [1.54, 1.807) is 18.2 Å². The number of aromatic amines is 1. The molecule has 8 heteroatoms. The number of carbonyl (C=O) groups excluding carboxylic acids is 1. The van der Waals surface area contributed by atoms with Crippen LogP contribution in [0.1, 0.15) is 29.6 Å². The summed E-state index contributed by atoms with van der Waals surface area (Å²) in [6.45, 7) is 0.477. The van der Waals surface area contributed by atoms with Gasteiger partial charge < -0.3 is 25.3 Å². The standard InChI is InChI=1S/C17H18N2O6/c20-13(21)5-6-18-16(23)14-15(22)11-4-3-10(25-8-9-1-2-9)7-12(11)19-17(14)24/h3-4,7,9H,1-2,5-6,8H2,(H,18,23)(H,20,21)(H2,19,22,24). The average molecular weight is 346 g/mol. The fraction of sp³-hybridized carbons (Fsp3) is 0.353. The summed E-state index contributed by atoms with van der Waals surface area (Å²) < 4.78 is 5.63. The Morgan fingerprint density at radius 2 is 2.08 bits per heavy atom. The van der Waals surface area contributed by atoms with Crippen molar-refractivity contribution in [2.24, 2.45) is 5.92 Å². The summed E-state index contributed by atoms with van der Waals surface area (Å²) in [6.07, 6.45) is 2.04. The summed E-state index contributed by atoms with van der Waals surface area (Å²) in [5.41, 5.74) is -0.834. The number of H-pyrrole nitrogens is 1. The maximum atomic E-state index is 12.1. The van der Waals surface area contributed by atoms with Gasteiger partial charge in [-0.15, -0.1) is 0 Å². The Morgan fingerprint density at radius 3 is 2.76 bits per heavy atom. The molecule has 3 rings (SSSR count). The Kier molecular flexibility index (Phi) is 4.60. The van der Waals surface area contributed by atoms with Crippen LogP contribution < -0.4 is 15.6 Å². The molecule has 1 aliphatic rings. The number of nitrogens with one attached hydrogen (secondary N) is 2. The zero-order valence-corrected chi connectivity index (χ0v) is 13.4. The molecular formula is C17H18N2O6. The van der Waals surface area contributed by atoms with Gasteiger partial charge in [0.2, 0.25) is 0 Å². The van der Waals surface area contributed by atoms with Crippen LogP contribution >= 0.6 is 0 Å². The van der Waals surface area contributed by atoms with Crippen LogP contribution in [0.4, 0.5) is 0 Å². The monoisotopic (exact) mass is 346 g/mol. The van der Waals surface area contributed by atoms with Crippen LogP contribution in [-0.2, 0) is 4.79 Å². The Hall–Kier alpha value is -3.03. The zero-order valence-electron chi connectivity index (χ0n) is 13.4. The normalized spacial score (nSPS) is 13.6. The zero-order chi connectivity index (χ0) is 18.0. The minimum absolute atomic E-state index is 0.140. The SMILES string of the molecule is O=C(O)CCNC(=O)c1c(O)c2ccc(OCC3CC3)cc2[nH]c1=O. The van der Waals surface area contributed by atoms with Gasteiger partial charge in [-0.2, -0.15) is 0 Å². The van der Waals surface area contributed by atoms with Crippen LogP contribution in [0.2, 0.25) is 0 Å². The predicted octanol–water partition coefficient (Wildman–Crippen LogP) is 1.23. The number of hydrogen-bond donors (Lipinski definition) is 4. The molecule has 0 bridgehead atoms. The van der Waals surface area contributed by atoms with E-state index in [9.17, 15) is 19.5 Å². The molecule has 0 unspecified atom stereocenters. The molecule has 0 saturated heterocycles. The molecule has 1 saturated carbocycles. The van der Waals surface area contributed by atoms with Crippen LogP contribution in [0.5, 0.6) is 11.5 Å². The fourth-order valence-electron chi connectivity index (χ4n) is 2.43. The molecule has 4 N–H and O–H groups in total. The number of amides is 1. The van der Waals surface area contributed by atoms with E-state index in [0.29, 0.717) is 29.2 Å². The van der Waals surface area contributed by atoms with Crippen molar-refractivity contribution in [3.8, 4) is 11.5 Å². The highest BCUT2D eigenvalue weighted by Crippen LogP contribution is 2.31. The Labute approximate surface area is 142 Å². The van der Waals surface area contributed by atoms with Crippen molar-refractivity contribution in [1.82, 2.24) is 10.3 Å². The van der Waals surface area contributed by atoms with Crippen molar-refractivity contribution >= 4 is 22.8 Å². The quantitative estimate of drug-likeness (QED) is 0.597. The fourth-order valence-corrected chi connectivity index (χ4v) is 2.43. The first-order valence-electron chi connectivity index (χ1n) is 7.97. The number of benzene rings is 1. The molecule has 8 nitrogen and oxygen atoms in total. The second kappa shape index (κ2) is 6.84. The number of aliphatic carboxylic acids is 1. The third-order valence-corrected chi connectivity index (χ3v) is 3.99. The minimum atomic E-state index is -1.07. The van der Waals surface area contributed by atoms with E-state index in [4.69, 9.17) is 9.84 Å². The van der Waals surface area contributed by atoms with Gasteiger partial charge in [0.1, 0.15) is 17.1 Å². The van der Waals surface area contributed by atoms with E-state index >= 15 is 0 Å². The number of carboxylic acid groups (broad SMARTS) is 1. The molecule has 0 spiro atoms. The van der Waals surface area contributed by atoms with Gasteiger partial charge >= 0.3 is 5.97 Å². The second-order valence-electron chi connectivity index (χ2n) is 6.04. The third-order valence-electron chi connectivity index (χ3n) is 3.99. The number of hydrogen-bond acceptors (Lipinski definition) is 5. The minimum Gasteiger partial charge on any atom is -0.506 e. The average Bonchev–Trinajstić information content (AvgIpc) is 3.36. The van der Waals surface area contributed by atoms with Crippen molar-refractivity contribution in [3.63, 3.8) is 0 Å². The van der Waals surface area contributed by atoms with Gasteiger partial charge in [0.25, 0.3) is 11.5 Å². The summed E-state index contributed by atoms with van der Waals surface area (Å²) >= 11 is 0. The van der Waals surface area contributed by atoms with E-state index in [-0.39, 0.29) is 13.0 Å². The van der Waals surface area contributed by atoms with E-state index in [1.807, 2.05) is 0 Å². The van der Waals surface area contributed by atoms with Gasteiger partial charge in [-0.3, -0.25) is 14.4 Å². The summed E-state index contributed by atoms with van der Waals surface area (Å²) in [4.78, 5) is 37.2. The lowest BCUT2D eigenvalue weighted by molar-refractivity contribution is -0.136. The van der Waals surface area contributed by atoms with Crippen LogP contribution in [0.25, 0.3) is 10.9 Å². The Bertz CT molecular complexity index is 885. The van der Waals surface area contributed by atoms with E-state index in [0.717, 1.165) is 12.8 Å². The van der Waals surface area contributed by atoms with Crippen molar-refractivity contribution in [2.75, 3.05) is 13.2 Å². The number of carbonyl (C=O) groups is 2. The molecule has 1 aromatic heterocycles. The van der Waals surface area contributed by atoms with Crippen LogP contribution in [0.3, 0.4) is 0 Å². The van der Waals surface area contributed by atoms with Gasteiger partial charge in [-0.1, -0.05) is 0 Å². The van der Waals surface area contributed by atoms with Gasteiger partial charge in [0.15, 0.2) is 0 Å². The third kappa shape index (κ3) is 3.90. The maximum absolute atomic E-state index is 12.1. The Balaban J connectivity index is 1.84. The molecular weight excluding hydrogens is 328 g/mol. The number of ether oxygens (including phenoxy) is 1. The number of fused-ring (bicyclic) bond motifs is 1. The molecule has 1 amide bonds. The lowest BCUT2D eigenvalue weighted by Gasteiger charge is -2.10. The van der Waals surface area contributed by atoms with E-state index < -0.39 is 28.7 Å². The number of aromatic hydroxyl groups is 1. The first kappa shape index (κ1) is 16.8.